The third-order valence-electron chi connectivity index (χ3n) is 5.12. The lowest BCUT2D eigenvalue weighted by Crippen LogP contribution is -2.11. The largest absolute Gasteiger partial charge is 0.392 e. The number of rotatable bonds is 6. The molecule has 0 atom stereocenters. The van der Waals surface area contributed by atoms with Crippen molar-refractivity contribution in [1.82, 2.24) is 0 Å². The summed E-state index contributed by atoms with van der Waals surface area (Å²) in [6.45, 7) is -0.0268. The second-order valence-electron chi connectivity index (χ2n) is 8.62. The third-order valence-corrected chi connectivity index (χ3v) is 6.91. The van der Waals surface area contributed by atoms with Gasteiger partial charge in [0, 0.05) is 80.5 Å². The zero-order chi connectivity index (χ0) is 33.9. The van der Waals surface area contributed by atoms with Crippen LogP contribution in [-0.2, 0) is 12.5 Å². The lowest BCUT2D eigenvalue weighted by atomic mass is 9.08. The number of benzene rings is 4. The van der Waals surface area contributed by atoms with Crippen molar-refractivity contribution in [2.24, 2.45) is 0 Å². The molecule has 0 unspecified atom stereocenters. The molecule has 0 aliphatic carbocycles. The van der Waals surface area contributed by atoms with Gasteiger partial charge < -0.3 is 15.7 Å². The minimum atomic E-state index is -0.667. The maximum atomic E-state index is 12.0. The van der Waals surface area contributed by atoms with Gasteiger partial charge in [0.05, 0.1) is 26.7 Å². The average Bonchev–Trinajstić information content (AvgIpc) is 3.01. The molecule has 11 radical (unpaired) electrons. The molecule has 0 aliphatic rings. The predicted molar refractivity (Wildman–Crippen MR) is 197 cm³/mol. The number of anilines is 2. The first-order valence-electron chi connectivity index (χ1n) is 12.7. The maximum absolute atomic E-state index is 12.0. The summed E-state index contributed by atoms with van der Waals surface area (Å²) in [6.07, 6.45) is -0.667. The standard InChI is InChI=1S/C14H10Cl3NO.C14H11Cl2NO2.B4.B3/c15-8-9-1-4-11(5-2-9)18-14(19)10-3-6-12(16)13(17)7-10;15-12-6-3-10(7-13(12)16)14(19)17-11-4-1-9(8-18)2-5-11;1-4(2)3;1-3-2/h1-7H,8H2,(H,18,19);1-7,18H,8H2,(H,17,19);;. The Balaban J connectivity index is 0.000000373. The second kappa shape index (κ2) is 22.3. The number of aliphatic hydroxyl groups is 1. The van der Waals surface area contributed by atoms with E-state index >= 15 is 0 Å². The molecule has 0 aromatic heterocycles. The molecule has 217 valence electrons. The van der Waals surface area contributed by atoms with Gasteiger partial charge in [0.1, 0.15) is 0 Å². The normalized spacial score (nSPS) is 9.47. The Labute approximate surface area is 296 Å². The van der Waals surface area contributed by atoms with Crippen molar-refractivity contribution in [2.45, 2.75) is 12.5 Å². The molecule has 0 saturated heterocycles. The maximum Gasteiger partial charge on any atom is 0.255 e. The van der Waals surface area contributed by atoms with Gasteiger partial charge in [-0.15, -0.1) is 11.6 Å². The number of halogens is 5. The molecule has 17 heteroatoms. The lowest BCUT2D eigenvalue weighted by molar-refractivity contribution is 0.101. The molecule has 45 heavy (non-hydrogen) atoms. The number of aliphatic hydroxyl groups excluding tert-OH is 1. The van der Waals surface area contributed by atoms with E-state index in [4.69, 9.17) is 63.1 Å². The van der Waals surface area contributed by atoms with Crippen LogP contribution in [0.4, 0.5) is 11.4 Å². The van der Waals surface area contributed by atoms with E-state index in [0.29, 0.717) is 48.5 Å². The number of carbonyl (C=O) groups is 2. The molecule has 3 N–H and O–H groups in total. The first-order chi connectivity index (χ1) is 21.3. The van der Waals surface area contributed by atoms with Gasteiger partial charge in [-0.05, 0) is 71.8 Å². The van der Waals surface area contributed by atoms with Gasteiger partial charge in [0.25, 0.3) is 11.8 Å². The van der Waals surface area contributed by atoms with Gasteiger partial charge in [-0.2, -0.15) is 0 Å². The number of amides is 2. The van der Waals surface area contributed by atoms with E-state index in [1.807, 2.05) is 12.1 Å². The number of hydrogen-bond donors (Lipinski definition) is 3. The molecular weight excluding hydrogens is 665 g/mol. The van der Waals surface area contributed by atoms with Crippen LogP contribution in [0.15, 0.2) is 84.9 Å². The number of alkyl halides is 1. The number of nitrogens with one attached hydrogen (secondary N) is 2. The number of hydrogen-bond acceptors (Lipinski definition) is 3. The van der Waals surface area contributed by atoms with Crippen molar-refractivity contribution in [3.8, 4) is 0 Å². The second-order valence-corrected chi connectivity index (χ2v) is 10.5. The van der Waals surface area contributed by atoms with Crippen LogP contribution in [0.3, 0.4) is 0 Å². The van der Waals surface area contributed by atoms with E-state index < -0.39 is 6.39 Å². The first-order valence-corrected chi connectivity index (χ1v) is 14.8. The molecular formula is C28H21B7Cl5N2O3. The minimum Gasteiger partial charge on any atom is -0.392 e. The summed E-state index contributed by atoms with van der Waals surface area (Å²) in [5.41, 5.74) is 4.01. The van der Waals surface area contributed by atoms with Crippen molar-refractivity contribution < 1.29 is 14.7 Å². The van der Waals surface area contributed by atoms with E-state index in [0.717, 1.165) is 18.2 Å². The van der Waals surface area contributed by atoms with Crippen molar-refractivity contribution >= 4 is 133 Å². The fraction of sp³-hybridized carbons (Fsp3) is 0.0714. The summed E-state index contributed by atoms with van der Waals surface area (Å²) in [6, 6.07) is 23.7. The molecule has 4 rings (SSSR count). The molecule has 4 aromatic carbocycles. The summed E-state index contributed by atoms with van der Waals surface area (Å²) >= 11 is 29.0. The molecule has 5 nitrogen and oxygen atoms in total. The average molecular weight is 686 g/mol. The Morgan fingerprint density at radius 3 is 1.27 bits per heavy atom. The summed E-state index contributed by atoms with van der Waals surface area (Å²) in [7, 11) is 24.0. The summed E-state index contributed by atoms with van der Waals surface area (Å²) in [4.78, 5) is 24.0. The highest BCUT2D eigenvalue weighted by atomic mass is 35.5. The highest BCUT2D eigenvalue weighted by molar-refractivity contribution is 7.49. The lowest BCUT2D eigenvalue weighted by Gasteiger charge is -2.06. The fourth-order valence-electron chi connectivity index (χ4n) is 3.05. The van der Waals surface area contributed by atoms with Crippen LogP contribution in [0.5, 0.6) is 0 Å². The highest BCUT2D eigenvalue weighted by Crippen LogP contribution is 2.24. The van der Waals surface area contributed by atoms with Crippen LogP contribution >= 0.6 is 58.0 Å². The summed E-state index contributed by atoms with van der Waals surface area (Å²) < 4.78 is 0. The molecule has 0 spiro atoms. The Morgan fingerprint density at radius 1 is 0.644 bits per heavy atom. The summed E-state index contributed by atoms with van der Waals surface area (Å²) in [5, 5.41) is 16.0. The third kappa shape index (κ3) is 16.2. The quantitative estimate of drug-likeness (QED) is 0.171. The van der Waals surface area contributed by atoms with Crippen molar-refractivity contribution in [2.75, 3.05) is 10.6 Å². The van der Waals surface area contributed by atoms with Gasteiger partial charge in [0.15, 0.2) is 0 Å². The van der Waals surface area contributed by atoms with Gasteiger partial charge in [-0.1, -0.05) is 70.7 Å². The Kier molecular flexibility index (Phi) is 20.1. The van der Waals surface area contributed by atoms with Crippen LogP contribution in [0.25, 0.3) is 0 Å². The Bertz CT molecular complexity index is 1390. The molecule has 0 fully saturated rings. The van der Waals surface area contributed by atoms with Crippen molar-refractivity contribution in [3.63, 3.8) is 0 Å². The van der Waals surface area contributed by atoms with Crippen LogP contribution < -0.4 is 10.6 Å². The van der Waals surface area contributed by atoms with E-state index in [9.17, 15) is 9.59 Å². The van der Waals surface area contributed by atoms with E-state index in [-0.39, 0.29) is 18.4 Å². The SMILES string of the molecule is O=C(Nc1ccc(CCl)cc1)c1ccc(Cl)c(Cl)c1.O=C(Nc1ccc(CO)cc1)c1ccc(Cl)c(Cl)c1.[B]B([B])[B].[B][B][B]. The van der Waals surface area contributed by atoms with Gasteiger partial charge in [-0.25, -0.2) is 0 Å². The van der Waals surface area contributed by atoms with Crippen molar-refractivity contribution in [3.05, 3.63) is 127 Å². The zero-order valence-electron chi connectivity index (χ0n) is 23.7. The van der Waals surface area contributed by atoms with Gasteiger partial charge in [-0.3, -0.25) is 9.59 Å². The van der Waals surface area contributed by atoms with Crippen molar-refractivity contribution in [1.29, 1.82) is 0 Å². The number of carbonyl (C=O) groups excluding carboxylic acids is 2. The van der Waals surface area contributed by atoms with Crippen LogP contribution in [0.1, 0.15) is 31.8 Å². The van der Waals surface area contributed by atoms with E-state index in [2.05, 4.69) is 49.3 Å². The summed E-state index contributed by atoms with van der Waals surface area (Å²) in [5.74, 6) is -0.0615. The first kappa shape index (κ1) is 40.7. The molecule has 0 saturated carbocycles. The van der Waals surface area contributed by atoms with E-state index in [1.54, 1.807) is 60.7 Å². The van der Waals surface area contributed by atoms with E-state index in [1.165, 1.54) is 12.1 Å². The molecule has 4 aromatic rings. The highest BCUT2D eigenvalue weighted by Gasteiger charge is 2.09. The van der Waals surface area contributed by atoms with Gasteiger partial charge in [0.2, 0.25) is 0 Å². The monoisotopic (exact) mass is 685 g/mol. The molecule has 2 amide bonds. The van der Waals surface area contributed by atoms with Crippen LogP contribution in [-0.4, -0.2) is 69.1 Å². The van der Waals surface area contributed by atoms with Gasteiger partial charge >= 0.3 is 0 Å². The Hall–Kier alpha value is -2.32. The van der Waals surface area contributed by atoms with Crippen LogP contribution in [0, 0.1) is 0 Å². The van der Waals surface area contributed by atoms with Crippen LogP contribution in [0.2, 0.25) is 20.1 Å². The molecule has 0 heterocycles. The Morgan fingerprint density at radius 2 is 0.978 bits per heavy atom. The predicted octanol–water partition coefficient (Wildman–Crippen LogP) is 6.06. The molecule has 0 bridgehead atoms. The fourth-order valence-corrected chi connectivity index (χ4v) is 3.83. The smallest absolute Gasteiger partial charge is 0.255 e. The topological polar surface area (TPSA) is 78.4 Å². The zero-order valence-corrected chi connectivity index (χ0v) is 27.5. The minimum absolute atomic E-state index is 0.0268. The molecule has 0 aliphatic heterocycles.